The maximum Gasteiger partial charge on any atom is 0.137 e. The highest BCUT2D eigenvalue weighted by atomic mass is 16.3. The van der Waals surface area contributed by atoms with Crippen LogP contribution in [0.15, 0.2) is 205 Å². The second-order valence-corrected chi connectivity index (χ2v) is 13.3. The largest absolute Gasteiger partial charge is 0.456 e. The molecular weight excluding hydrogens is 631 g/mol. The van der Waals surface area contributed by atoms with Crippen LogP contribution in [-0.2, 0) is 0 Å². The summed E-state index contributed by atoms with van der Waals surface area (Å²) in [6.45, 7) is 0. The standard InChI is InChI=1S/C50H33NO/c1-2-10-34(11-3-1)35-18-20-36(21-19-35)37-22-24-38(25-23-37)39-26-28-41(29-27-39)51(42-30-31-47-46-16-8-9-17-49(46)52-50(47)33-42)48-32-40-12-4-5-13-43(40)44-14-6-7-15-45(44)48/h1-33H. The van der Waals surface area contributed by atoms with E-state index in [9.17, 15) is 0 Å². The lowest BCUT2D eigenvalue weighted by Gasteiger charge is -2.27. The van der Waals surface area contributed by atoms with Gasteiger partial charge in [0.2, 0.25) is 0 Å². The van der Waals surface area contributed by atoms with Crippen LogP contribution in [0, 0.1) is 0 Å². The van der Waals surface area contributed by atoms with E-state index in [1.165, 1.54) is 54.9 Å². The predicted molar refractivity (Wildman–Crippen MR) is 220 cm³/mol. The summed E-state index contributed by atoms with van der Waals surface area (Å²) in [4.78, 5) is 2.37. The molecule has 0 saturated heterocycles. The minimum absolute atomic E-state index is 0.875. The second kappa shape index (κ2) is 12.5. The van der Waals surface area contributed by atoms with Crippen molar-refractivity contribution >= 4 is 60.5 Å². The Labute approximate surface area is 302 Å². The number of hydrogen-bond acceptors (Lipinski definition) is 2. The van der Waals surface area contributed by atoms with Gasteiger partial charge in [0, 0.05) is 33.6 Å². The predicted octanol–water partition coefficient (Wildman–Crippen LogP) is 14.4. The molecule has 0 fully saturated rings. The SMILES string of the molecule is c1ccc(-c2ccc(-c3ccc(-c4ccc(N(c5ccc6c(c5)oc5ccccc56)c5cc6ccccc6c6ccccc56)cc4)cc3)cc2)cc1. The van der Waals surface area contributed by atoms with E-state index in [4.69, 9.17) is 4.42 Å². The fourth-order valence-corrected chi connectivity index (χ4v) is 7.64. The molecule has 0 saturated carbocycles. The average molecular weight is 664 g/mol. The van der Waals surface area contributed by atoms with Gasteiger partial charge in [0.25, 0.3) is 0 Å². The van der Waals surface area contributed by atoms with E-state index in [2.05, 4.69) is 193 Å². The topological polar surface area (TPSA) is 16.4 Å². The first-order chi connectivity index (χ1) is 25.8. The van der Waals surface area contributed by atoms with Gasteiger partial charge in [-0.1, -0.05) is 158 Å². The zero-order valence-corrected chi connectivity index (χ0v) is 28.4. The normalized spacial score (nSPS) is 11.5. The number of benzene rings is 9. The van der Waals surface area contributed by atoms with Gasteiger partial charge in [-0.3, -0.25) is 0 Å². The lowest BCUT2D eigenvalue weighted by Crippen LogP contribution is -2.10. The van der Waals surface area contributed by atoms with Crippen LogP contribution in [-0.4, -0.2) is 0 Å². The van der Waals surface area contributed by atoms with Gasteiger partial charge in [0.15, 0.2) is 0 Å². The Morgan fingerprint density at radius 3 is 1.40 bits per heavy atom. The summed E-state index contributed by atoms with van der Waals surface area (Å²) in [5.41, 5.74) is 12.2. The fraction of sp³-hybridized carbons (Fsp3) is 0. The van der Waals surface area contributed by atoms with Crippen molar-refractivity contribution in [3.05, 3.63) is 200 Å². The molecule has 9 aromatic carbocycles. The third-order valence-corrected chi connectivity index (χ3v) is 10.3. The number of para-hydroxylation sites is 1. The van der Waals surface area contributed by atoms with Crippen molar-refractivity contribution in [3.63, 3.8) is 0 Å². The molecule has 0 aliphatic rings. The van der Waals surface area contributed by atoms with E-state index >= 15 is 0 Å². The summed E-state index contributed by atoms with van der Waals surface area (Å²) in [5.74, 6) is 0. The maximum absolute atomic E-state index is 6.39. The second-order valence-electron chi connectivity index (χ2n) is 13.3. The Morgan fingerprint density at radius 2 is 0.750 bits per heavy atom. The summed E-state index contributed by atoms with van der Waals surface area (Å²) >= 11 is 0. The molecule has 1 heterocycles. The molecule has 0 N–H and O–H groups in total. The van der Waals surface area contributed by atoms with Gasteiger partial charge in [0.05, 0.1) is 5.69 Å². The fourth-order valence-electron chi connectivity index (χ4n) is 7.64. The van der Waals surface area contributed by atoms with Crippen LogP contribution in [0.5, 0.6) is 0 Å². The third kappa shape index (κ3) is 5.21. The number of nitrogens with zero attached hydrogens (tertiary/aromatic N) is 1. The summed E-state index contributed by atoms with van der Waals surface area (Å²) in [7, 11) is 0. The van der Waals surface area contributed by atoms with Crippen molar-refractivity contribution in [2.45, 2.75) is 0 Å². The van der Waals surface area contributed by atoms with E-state index in [0.29, 0.717) is 0 Å². The molecule has 2 nitrogen and oxygen atoms in total. The molecule has 2 heteroatoms. The van der Waals surface area contributed by atoms with Crippen LogP contribution in [0.2, 0.25) is 0 Å². The minimum atomic E-state index is 0.875. The van der Waals surface area contributed by atoms with E-state index in [-0.39, 0.29) is 0 Å². The smallest absolute Gasteiger partial charge is 0.137 e. The van der Waals surface area contributed by atoms with Crippen LogP contribution < -0.4 is 4.90 Å². The zero-order chi connectivity index (χ0) is 34.4. The van der Waals surface area contributed by atoms with Crippen molar-refractivity contribution in [2.75, 3.05) is 4.90 Å². The first-order valence-electron chi connectivity index (χ1n) is 17.8. The van der Waals surface area contributed by atoms with E-state index in [1.807, 2.05) is 12.1 Å². The van der Waals surface area contributed by atoms with Crippen LogP contribution >= 0.6 is 0 Å². The molecular formula is C50H33NO. The summed E-state index contributed by atoms with van der Waals surface area (Å²) in [5, 5.41) is 7.14. The third-order valence-electron chi connectivity index (χ3n) is 10.3. The molecule has 10 aromatic rings. The zero-order valence-electron chi connectivity index (χ0n) is 28.4. The molecule has 0 spiro atoms. The van der Waals surface area contributed by atoms with Gasteiger partial charge in [-0.05, 0) is 85.9 Å². The number of anilines is 3. The number of furan rings is 1. The number of fused-ring (bicyclic) bond motifs is 6. The molecule has 52 heavy (non-hydrogen) atoms. The van der Waals surface area contributed by atoms with Crippen molar-refractivity contribution in [1.29, 1.82) is 0 Å². The first kappa shape index (κ1) is 30.0. The van der Waals surface area contributed by atoms with Gasteiger partial charge in [-0.25, -0.2) is 0 Å². The van der Waals surface area contributed by atoms with Crippen LogP contribution in [0.1, 0.15) is 0 Å². The van der Waals surface area contributed by atoms with Gasteiger partial charge in [0.1, 0.15) is 11.2 Å². The molecule has 0 bridgehead atoms. The first-order valence-corrected chi connectivity index (χ1v) is 17.8. The molecule has 0 radical (unpaired) electrons. The Morgan fingerprint density at radius 1 is 0.288 bits per heavy atom. The average Bonchev–Trinajstić information content (AvgIpc) is 3.60. The van der Waals surface area contributed by atoms with Gasteiger partial charge in [-0.15, -0.1) is 0 Å². The Hall–Kier alpha value is -6.90. The molecule has 244 valence electrons. The Kier molecular flexibility index (Phi) is 7.18. The maximum atomic E-state index is 6.39. The molecule has 1 aromatic heterocycles. The van der Waals surface area contributed by atoms with Crippen LogP contribution in [0.25, 0.3) is 76.9 Å². The molecule has 0 aliphatic heterocycles. The quantitative estimate of drug-likeness (QED) is 0.165. The van der Waals surface area contributed by atoms with Gasteiger partial charge >= 0.3 is 0 Å². The molecule has 0 amide bonds. The highest BCUT2D eigenvalue weighted by Gasteiger charge is 2.19. The summed E-state index contributed by atoms with van der Waals surface area (Å²) < 4.78 is 6.39. The minimum Gasteiger partial charge on any atom is -0.456 e. The lowest BCUT2D eigenvalue weighted by atomic mass is 9.97. The van der Waals surface area contributed by atoms with Crippen molar-refractivity contribution in [3.8, 4) is 33.4 Å². The molecule has 0 aliphatic carbocycles. The molecule has 10 rings (SSSR count). The van der Waals surface area contributed by atoms with Crippen molar-refractivity contribution in [2.24, 2.45) is 0 Å². The summed E-state index contributed by atoms with van der Waals surface area (Å²) in [6, 6.07) is 71.7. The van der Waals surface area contributed by atoms with E-state index in [1.54, 1.807) is 0 Å². The Balaban J connectivity index is 1.04. The van der Waals surface area contributed by atoms with E-state index < -0.39 is 0 Å². The van der Waals surface area contributed by atoms with Crippen LogP contribution in [0.3, 0.4) is 0 Å². The highest BCUT2D eigenvalue weighted by molar-refractivity contribution is 6.15. The summed E-state index contributed by atoms with van der Waals surface area (Å²) in [6.07, 6.45) is 0. The van der Waals surface area contributed by atoms with Crippen molar-refractivity contribution < 1.29 is 4.42 Å². The van der Waals surface area contributed by atoms with Crippen molar-refractivity contribution in [1.82, 2.24) is 0 Å². The highest BCUT2D eigenvalue weighted by Crippen LogP contribution is 2.44. The monoisotopic (exact) mass is 663 g/mol. The Bertz CT molecular complexity index is 2870. The molecule has 0 unspecified atom stereocenters. The number of rotatable bonds is 6. The molecule has 0 atom stereocenters. The van der Waals surface area contributed by atoms with Gasteiger partial charge in [-0.2, -0.15) is 0 Å². The van der Waals surface area contributed by atoms with E-state index in [0.717, 1.165) is 39.0 Å². The lowest BCUT2D eigenvalue weighted by molar-refractivity contribution is 0.669. The van der Waals surface area contributed by atoms with Crippen LogP contribution in [0.4, 0.5) is 17.1 Å². The number of hydrogen-bond donors (Lipinski definition) is 0. The van der Waals surface area contributed by atoms with Gasteiger partial charge < -0.3 is 9.32 Å².